The number of hydrogen-bond donors (Lipinski definition) is 2. The van der Waals surface area contributed by atoms with E-state index in [1.54, 1.807) is 13.0 Å². The Hall–Kier alpha value is -3.46. The zero-order chi connectivity index (χ0) is 21.0. The van der Waals surface area contributed by atoms with Crippen molar-refractivity contribution in [2.45, 2.75) is 13.8 Å². The van der Waals surface area contributed by atoms with Gasteiger partial charge in [0.2, 0.25) is 5.96 Å². The molecule has 0 amide bonds. The van der Waals surface area contributed by atoms with Crippen LogP contribution in [0.15, 0.2) is 57.7 Å². The predicted octanol–water partition coefficient (Wildman–Crippen LogP) is 4.14. The minimum atomic E-state index is -0.928. The number of rotatable bonds is 5. The van der Waals surface area contributed by atoms with Gasteiger partial charge in [0.1, 0.15) is 5.01 Å². The van der Waals surface area contributed by atoms with Crippen molar-refractivity contribution in [3.8, 4) is 10.6 Å². The number of thiazole rings is 1. The Balaban J connectivity index is 1.89. The lowest BCUT2D eigenvalue weighted by molar-refractivity contribution is 0.507. The molecule has 0 saturated heterocycles. The van der Waals surface area contributed by atoms with Crippen LogP contribution < -0.4 is 11.5 Å². The van der Waals surface area contributed by atoms with Crippen molar-refractivity contribution in [1.82, 2.24) is 4.98 Å². The number of hydrogen-bond acceptors (Lipinski definition) is 5. The van der Waals surface area contributed by atoms with Gasteiger partial charge in [-0.15, -0.1) is 16.4 Å². The van der Waals surface area contributed by atoms with E-state index in [9.17, 15) is 8.78 Å². The zero-order valence-corrected chi connectivity index (χ0v) is 16.5. The summed E-state index contributed by atoms with van der Waals surface area (Å²) in [6.45, 7) is 3.67. The maximum atomic E-state index is 13.8. The van der Waals surface area contributed by atoms with Crippen molar-refractivity contribution < 1.29 is 8.78 Å². The molecule has 0 spiro atoms. The van der Waals surface area contributed by atoms with Crippen LogP contribution in [0.25, 0.3) is 10.6 Å². The van der Waals surface area contributed by atoms with Crippen LogP contribution in [0.5, 0.6) is 0 Å². The van der Waals surface area contributed by atoms with Gasteiger partial charge >= 0.3 is 0 Å². The van der Waals surface area contributed by atoms with Gasteiger partial charge in [0.25, 0.3) is 0 Å². The van der Waals surface area contributed by atoms with Gasteiger partial charge in [0.05, 0.1) is 22.0 Å². The average molecular weight is 412 g/mol. The number of aliphatic imine (C=N–C) groups is 1. The second kappa shape index (κ2) is 8.70. The van der Waals surface area contributed by atoms with Crippen LogP contribution in [0.3, 0.4) is 0 Å². The second-order valence-electron chi connectivity index (χ2n) is 6.10. The summed E-state index contributed by atoms with van der Waals surface area (Å²) in [6, 6.07) is 11.3. The van der Waals surface area contributed by atoms with E-state index in [4.69, 9.17) is 11.5 Å². The van der Waals surface area contributed by atoms with Crippen molar-refractivity contribution in [3.63, 3.8) is 0 Å². The van der Waals surface area contributed by atoms with Crippen LogP contribution in [-0.4, -0.2) is 22.9 Å². The molecule has 0 unspecified atom stereocenters. The molecule has 148 valence electrons. The summed E-state index contributed by atoms with van der Waals surface area (Å²) in [5.74, 6) is -1.96. The van der Waals surface area contributed by atoms with Gasteiger partial charge in [-0.25, -0.2) is 13.8 Å². The number of aryl methyl sites for hydroxylation is 1. The van der Waals surface area contributed by atoms with Gasteiger partial charge in [0.15, 0.2) is 11.6 Å². The molecule has 3 rings (SSSR count). The Labute approximate surface area is 170 Å². The predicted molar refractivity (Wildman–Crippen MR) is 114 cm³/mol. The minimum Gasteiger partial charge on any atom is -0.369 e. The van der Waals surface area contributed by atoms with Crippen LogP contribution in [0.4, 0.5) is 14.5 Å². The number of nitrogens with zero attached hydrogens (tertiary/aromatic N) is 4. The highest BCUT2D eigenvalue weighted by Gasteiger charge is 2.12. The Morgan fingerprint density at radius 2 is 1.86 bits per heavy atom. The molecule has 0 aliphatic heterocycles. The monoisotopic (exact) mass is 412 g/mol. The fourth-order valence-electron chi connectivity index (χ4n) is 2.52. The summed E-state index contributed by atoms with van der Waals surface area (Å²) in [5, 5.41) is 8.43. The largest absolute Gasteiger partial charge is 0.369 e. The van der Waals surface area contributed by atoms with Gasteiger partial charge in [0, 0.05) is 17.3 Å². The van der Waals surface area contributed by atoms with Crippen LogP contribution in [0, 0.1) is 18.6 Å². The topological polar surface area (TPSA) is 102 Å². The molecule has 0 radical (unpaired) electrons. The van der Waals surface area contributed by atoms with Crippen molar-refractivity contribution in [3.05, 3.63) is 70.2 Å². The fraction of sp³-hybridized carbons (Fsp3) is 0.100. The third-order valence-corrected chi connectivity index (χ3v) is 5.18. The number of guanidine groups is 1. The van der Waals surface area contributed by atoms with E-state index in [0.29, 0.717) is 11.4 Å². The van der Waals surface area contributed by atoms with E-state index in [0.717, 1.165) is 27.2 Å². The lowest BCUT2D eigenvalue weighted by atomic mass is 10.2. The zero-order valence-electron chi connectivity index (χ0n) is 15.7. The molecule has 1 heterocycles. The quantitative estimate of drug-likeness (QED) is 0.374. The summed E-state index contributed by atoms with van der Waals surface area (Å²) in [5.41, 5.74) is 13.6. The van der Waals surface area contributed by atoms with Crippen molar-refractivity contribution in [1.29, 1.82) is 0 Å². The maximum absolute atomic E-state index is 13.8. The third kappa shape index (κ3) is 4.88. The molecule has 2 aromatic carbocycles. The van der Waals surface area contributed by atoms with Crippen molar-refractivity contribution in [2.75, 3.05) is 0 Å². The summed E-state index contributed by atoms with van der Waals surface area (Å²) >= 11 is 1.45. The molecule has 3 aromatic rings. The maximum Gasteiger partial charge on any atom is 0.211 e. The normalized spacial score (nSPS) is 11.8. The number of nitrogens with two attached hydrogens (primary N) is 2. The highest BCUT2D eigenvalue weighted by molar-refractivity contribution is 7.17. The first kappa shape index (κ1) is 20.3. The Morgan fingerprint density at radius 1 is 1.10 bits per heavy atom. The molecule has 29 heavy (non-hydrogen) atoms. The standard InChI is InChI=1S/C20H18F2N6S/c1-11-18(12(2)27-28-20(23)24)29-19(26-11)13-5-3-7-15(9-13)25-10-14-6-4-8-16(21)17(14)22/h3-10H,1-2H3,(H4,23,24,28). The van der Waals surface area contributed by atoms with Crippen LogP contribution in [0.2, 0.25) is 0 Å². The first-order valence-electron chi connectivity index (χ1n) is 8.54. The lowest BCUT2D eigenvalue weighted by Gasteiger charge is -2.00. The van der Waals surface area contributed by atoms with Crippen LogP contribution >= 0.6 is 11.3 Å². The molecule has 0 atom stereocenters. The van der Waals surface area contributed by atoms with Crippen molar-refractivity contribution >= 4 is 34.9 Å². The molecule has 0 saturated carbocycles. The molecule has 6 nitrogen and oxygen atoms in total. The molecular weight excluding hydrogens is 394 g/mol. The SMILES string of the molecule is CC(=NN=C(N)N)c1sc(-c2cccc(N=Cc3cccc(F)c3F)c2)nc1C. The number of aromatic nitrogens is 1. The minimum absolute atomic E-state index is 0.0781. The first-order chi connectivity index (χ1) is 13.8. The van der Waals surface area contributed by atoms with Gasteiger partial charge in [-0.3, -0.25) is 4.99 Å². The van der Waals surface area contributed by atoms with E-state index < -0.39 is 11.6 Å². The molecule has 0 bridgehead atoms. The summed E-state index contributed by atoms with van der Waals surface area (Å²) < 4.78 is 27.1. The van der Waals surface area contributed by atoms with Gasteiger partial charge in [-0.05, 0) is 32.0 Å². The summed E-state index contributed by atoms with van der Waals surface area (Å²) in [4.78, 5) is 9.69. The molecule has 0 fully saturated rings. The van der Waals surface area contributed by atoms with Crippen molar-refractivity contribution in [2.24, 2.45) is 26.7 Å². The smallest absolute Gasteiger partial charge is 0.211 e. The Morgan fingerprint density at radius 3 is 2.62 bits per heavy atom. The van der Waals surface area contributed by atoms with Gasteiger partial charge in [-0.1, -0.05) is 24.3 Å². The first-order valence-corrected chi connectivity index (χ1v) is 9.36. The molecule has 9 heteroatoms. The molecule has 0 aliphatic rings. The summed E-state index contributed by atoms with van der Waals surface area (Å²) in [6.07, 6.45) is 1.29. The van der Waals surface area contributed by atoms with E-state index in [1.165, 1.54) is 29.7 Å². The van der Waals surface area contributed by atoms with E-state index >= 15 is 0 Å². The molecule has 1 aromatic heterocycles. The van der Waals surface area contributed by atoms with E-state index in [-0.39, 0.29) is 11.5 Å². The highest BCUT2D eigenvalue weighted by atomic mass is 32.1. The van der Waals surface area contributed by atoms with Gasteiger partial charge < -0.3 is 11.5 Å². The van der Waals surface area contributed by atoms with E-state index in [2.05, 4.69) is 20.2 Å². The Bertz CT molecular complexity index is 1130. The highest BCUT2D eigenvalue weighted by Crippen LogP contribution is 2.30. The Kier molecular flexibility index (Phi) is 6.08. The summed E-state index contributed by atoms with van der Waals surface area (Å²) in [7, 11) is 0. The second-order valence-corrected chi connectivity index (χ2v) is 7.09. The van der Waals surface area contributed by atoms with Crippen LogP contribution in [-0.2, 0) is 0 Å². The third-order valence-electron chi connectivity index (χ3n) is 3.87. The fourth-order valence-corrected chi connectivity index (χ4v) is 3.52. The number of benzene rings is 2. The lowest BCUT2D eigenvalue weighted by Crippen LogP contribution is -2.22. The molecule has 0 aliphatic carbocycles. The molecular formula is C20H18F2N6S. The number of halogens is 2. The van der Waals surface area contributed by atoms with Crippen LogP contribution in [0.1, 0.15) is 23.1 Å². The van der Waals surface area contributed by atoms with Gasteiger partial charge in [-0.2, -0.15) is 5.10 Å². The average Bonchev–Trinajstić information content (AvgIpc) is 3.09. The molecule has 4 N–H and O–H groups in total. The van der Waals surface area contributed by atoms with E-state index in [1.807, 2.05) is 25.1 Å².